The number of pyridine rings is 1. The lowest BCUT2D eigenvalue weighted by Crippen LogP contribution is -2.39. The molecule has 1 saturated heterocycles. The van der Waals surface area contributed by atoms with Crippen LogP contribution >= 0.6 is 0 Å². The predicted octanol–water partition coefficient (Wildman–Crippen LogP) is 3.83. The maximum atomic E-state index is 11.9. The lowest BCUT2D eigenvalue weighted by Gasteiger charge is -2.32. The van der Waals surface area contributed by atoms with E-state index < -0.39 is 0 Å². The summed E-state index contributed by atoms with van der Waals surface area (Å²) < 4.78 is 6.27. The minimum absolute atomic E-state index is 0.0647. The van der Waals surface area contributed by atoms with Gasteiger partial charge in [0.2, 0.25) is 5.95 Å². The van der Waals surface area contributed by atoms with Crippen LogP contribution in [-0.4, -0.2) is 34.1 Å². The third kappa shape index (κ3) is 4.65. The van der Waals surface area contributed by atoms with E-state index in [0.717, 1.165) is 55.8 Å². The highest BCUT2D eigenvalue weighted by atomic mass is 16.5. The van der Waals surface area contributed by atoms with Gasteiger partial charge < -0.3 is 14.6 Å². The fourth-order valence-electron chi connectivity index (χ4n) is 3.68. The molecule has 4 rings (SSSR count). The van der Waals surface area contributed by atoms with Crippen LogP contribution in [0.2, 0.25) is 0 Å². The molecule has 0 aliphatic carbocycles. The Morgan fingerprint density at radius 3 is 2.55 bits per heavy atom. The van der Waals surface area contributed by atoms with Gasteiger partial charge in [0.05, 0.1) is 0 Å². The number of aromatic amines is 1. The van der Waals surface area contributed by atoms with Crippen molar-refractivity contribution in [3.05, 3.63) is 70.9 Å². The van der Waals surface area contributed by atoms with Crippen LogP contribution in [0.3, 0.4) is 0 Å². The number of hydrogen-bond acceptors (Lipinski definition) is 5. The molecule has 0 saturated carbocycles. The molecule has 1 aromatic carbocycles. The van der Waals surface area contributed by atoms with E-state index in [1.807, 2.05) is 42.7 Å². The van der Waals surface area contributed by atoms with Gasteiger partial charge in [-0.2, -0.15) is 0 Å². The molecule has 0 bridgehead atoms. The van der Waals surface area contributed by atoms with Gasteiger partial charge in [-0.3, -0.25) is 4.79 Å². The maximum Gasteiger partial charge on any atom is 0.251 e. The Labute approximate surface area is 170 Å². The summed E-state index contributed by atoms with van der Waals surface area (Å²) in [5, 5.41) is 0. The summed E-state index contributed by atoms with van der Waals surface area (Å²) in [5.41, 5.74) is 2.95. The predicted molar refractivity (Wildman–Crippen MR) is 114 cm³/mol. The zero-order chi connectivity index (χ0) is 20.1. The summed E-state index contributed by atoms with van der Waals surface area (Å²) in [4.78, 5) is 25.9. The molecule has 150 valence electrons. The summed E-state index contributed by atoms with van der Waals surface area (Å²) in [5.74, 6) is 1.42. The largest absolute Gasteiger partial charge is 0.489 e. The van der Waals surface area contributed by atoms with Crippen molar-refractivity contribution in [3.8, 4) is 16.9 Å². The number of benzene rings is 1. The minimum Gasteiger partial charge on any atom is -0.489 e. The highest BCUT2D eigenvalue weighted by molar-refractivity contribution is 5.69. The van der Waals surface area contributed by atoms with Crippen molar-refractivity contribution in [1.82, 2.24) is 15.0 Å². The van der Waals surface area contributed by atoms with Gasteiger partial charge in [-0.05, 0) is 17.5 Å². The molecule has 1 aliphatic rings. The van der Waals surface area contributed by atoms with Crippen molar-refractivity contribution < 1.29 is 4.74 Å². The molecule has 0 unspecified atom stereocenters. The van der Waals surface area contributed by atoms with Gasteiger partial charge in [0, 0.05) is 56.2 Å². The van der Waals surface area contributed by atoms with Crippen LogP contribution in [0, 0.1) is 0 Å². The second-order valence-corrected chi connectivity index (χ2v) is 7.39. The van der Waals surface area contributed by atoms with E-state index in [-0.39, 0.29) is 11.7 Å². The van der Waals surface area contributed by atoms with E-state index in [2.05, 4.69) is 26.8 Å². The van der Waals surface area contributed by atoms with Crippen LogP contribution in [0.1, 0.15) is 31.7 Å². The number of anilines is 1. The third-order valence-corrected chi connectivity index (χ3v) is 5.22. The highest BCUT2D eigenvalue weighted by Crippen LogP contribution is 2.30. The highest BCUT2D eigenvalue weighted by Gasteiger charge is 2.23. The molecule has 2 aromatic heterocycles. The summed E-state index contributed by atoms with van der Waals surface area (Å²) >= 11 is 0. The number of aromatic nitrogens is 3. The Hall–Kier alpha value is -3.15. The van der Waals surface area contributed by atoms with Crippen molar-refractivity contribution in [2.75, 3.05) is 18.0 Å². The molecular weight excluding hydrogens is 364 g/mol. The van der Waals surface area contributed by atoms with Crippen LogP contribution in [0.15, 0.2) is 59.8 Å². The normalized spacial score (nSPS) is 14.7. The van der Waals surface area contributed by atoms with Gasteiger partial charge in [-0.1, -0.05) is 43.7 Å². The van der Waals surface area contributed by atoms with Gasteiger partial charge in [0.15, 0.2) is 0 Å². The zero-order valence-electron chi connectivity index (χ0n) is 16.7. The number of rotatable bonds is 6. The molecule has 6 heteroatoms. The first kappa shape index (κ1) is 19.2. The number of ether oxygens (including phenoxy) is 1. The van der Waals surface area contributed by atoms with E-state index in [0.29, 0.717) is 5.75 Å². The molecule has 0 spiro atoms. The number of H-pyrrole nitrogens is 1. The topological polar surface area (TPSA) is 71.1 Å². The molecule has 3 aromatic rings. The van der Waals surface area contributed by atoms with Crippen LogP contribution in [0.4, 0.5) is 5.95 Å². The first-order chi connectivity index (χ1) is 14.2. The van der Waals surface area contributed by atoms with Gasteiger partial charge >= 0.3 is 0 Å². The number of piperidine rings is 1. The Morgan fingerprint density at radius 1 is 1.14 bits per heavy atom. The molecule has 1 aliphatic heterocycles. The van der Waals surface area contributed by atoms with E-state index in [9.17, 15) is 4.79 Å². The lowest BCUT2D eigenvalue weighted by molar-refractivity contribution is 0.171. The van der Waals surface area contributed by atoms with Gasteiger partial charge in [-0.25, -0.2) is 9.97 Å². The number of nitrogens with one attached hydrogen (secondary N) is 1. The van der Waals surface area contributed by atoms with Crippen LogP contribution < -0.4 is 15.2 Å². The van der Waals surface area contributed by atoms with Crippen LogP contribution in [0.25, 0.3) is 11.1 Å². The maximum absolute atomic E-state index is 11.9. The summed E-state index contributed by atoms with van der Waals surface area (Å²) in [6.07, 6.45) is 9.48. The molecule has 3 heterocycles. The number of aryl methyl sites for hydroxylation is 1. The van der Waals surface area contributed by atoms with E-state index in [1.54, 1.807) is 12.3 Å². The van der Waals surface area contributed by atoms with E-state index >= 15 is 0 Å². The summed E-state index contributed by atoms with van der Waals surface area (Å²) in [6.45, 7) is 3.83. The van der Waals surface area contributed by atoms with Crippen molar-refractivity contribution in [3.63, 3.8) is 0 Å². The van der Waals surface area contributed by atoms with Gasteiger partial charge in [0.25, 0.3) is 5.56 Å². The monoisotopic (exact) mass is 390 g/mol. The summed E-state index contributed by atoms with van der Waals surface area (Å²) in [7, 11) is 0. The molecule has 1 fully saturated rings. The first-order valence-electron chi connectivity index (χ1n) is 10.2. The Morgan fingerprint density at radius 2 is 1.86 bits per heavy atom. The molecule has 6 nitrogen and oxygen atoms in total. The van der Waals surface area contributed by atoms with Crippen molar-refractivity contribution >= 4 is 5.95 Å². The molecule has 0 amide bonds. The fraction of sp³-hybridized carbons (Fsp3) is 0.348. The van der Waals surface area contributed by atoms with E-state index in [1.165, 1.54) is 5.56 Å². The quantitative estimate of drug-likeness (QED) is 0.693. The average Bonchev–Trinajstić information content (AvgIpc) is 2.76. The molecule has 0 atom stereocenters. The SMILES string of the molecule is CCCc1cnc(N2CCC(Oc3cc(=O)[nH]cc3-c3ccccc3)CC2)nc1. The third-order valence-electron chi connectivity index (χ3n) is 5.22. The van der Waals surface area contributed by atoms with Crippen LogP contribution in [-0.2, 0) is 6.42 Å². The van der Waals surface area contributed by atoms with Crippen molar-refractivity contribution in [2.24, 2.45) is 0 Å². The Kier molecular flexibility index (Phi) is 5.89. The van der Waals surface area contributed by atoms with E-state index in [4.69, 9.17) is 4.74 Å². The fourth-order valence-corrected chi connectivity index (χ4v) is 3.68. The minimum atomic E-state index is -0.155. The molecule has 1 N–H and O–H groups in total. The van der Waals surface area contributed by atoms with Gasteiger partial charge in [-0.15, -0.1) is 0 Å². The van der Waals surface area contributed by atoms with Gasteiger partial charge in [0.1, 0.15) is 11.9 Å². The Bertz CT molecular complexity index is 978. The second-order valence-electron chi connectivity index (χ2n) is 7.39. The number of nitrogens with zero attached hydrogens (tertiary/aromatic N) is 3. The molecule has 0 radical (unpaired) electrons. The summed E-state index contributed by atoms with van der Waals surface area (Å²) in [6, 6.07) is 11.5. The first-order valence-corrected chi connectivity index (χ1v) is 10.2. The average molecular weight is 390 g/mol. The molecule has 29 heavy (non-hydrogen) atoms. The number of hydrogen-bond donors (Lipinski definition) is 1. The smallest absolute Gasteiger partial charge is 0.251 e. The Balaban J connectivity index is 1.42. The zero-order valence-corrected chi connectivity index (χ0v) is 16.7. The lowest BCUT2D eigenvalue weighted by atomic mass is 10.1. The van der Waals surface area contributed by atoms with Crippen LogP contribution in [0.5, 0.6) is 5.75 Å². The van der Waals surface area contributed by atoms with Crippen molar-refractivity contribution in [1.29, 1.82) is 0 Å². The van der Waals surface area contributed by atoms with Crippen molar-refractivity contribution in [2.45, 2.75) is 38.7 Å². The molecular formula is C23H26N4O2. The second kappa shape index (κ2) is 8.90. The standard InChI is InChI=1S/C23H26N4O2/c1-2-6-17-14-25-23(26-15-17)27-11-9-19(10-12-27)29-21-13-22(28)24-16-20(21)18-7-4-3-5-8-18/h3-5,7-8,13-16,19H,2,6,9-12H2,1H3,(H,24,28).